The third-order valence-electron chi connectivity index (χ3n) is 3.25. The van der Waals surface area contributed by atoms with Gasteiger partial charge in [-0.3, -0.25) is 4.79 Å². The zero-order valence-corrected chi connectivity index (χ0v) is 15.5. The molecule has 1 atom stereocenters. The molecule has 1 aromatic rings. The summed E-state index contributed by atoms with van der Waals surface area (Å²) in [6.45, 7) is 8.50. The molecule has 0 spiro atoms. The number of hydrogen-bond donors (Lipinski definition) is 1. The van der Waals surface area contributed by atoms with Gasteiger partial charge in [-0.15, -0.1) is 0 Å². The Bertz CT molecular complexity index is 610. The number of esters is 1. The first kappa shape index (κ1) is 20.5. The van der Waals surface area contributed by atoms with E-state index in [-0.39, 0.29) is 5.91 Å². The summed E-state index contributed by atoms with van der Waals surface area (Å²) in [5, 5.41) is 2.72. The van der Waals surface area contributed by atoms with Crippen molar-refractivity contribution in [3.63, 3.8) is 0 Å². The second-order valence-electron chi connectivity index (χ2n) is 5.89. The third kappa shape index (κ3) is 7.28. The van der Waals surface area contributed by atoms with Gasteiger partial charge in [0.25, 0.3) is 5.91 Å². The lowest BCUT2D eigenvalue weighted by atomic mass is 10.2. The van der Waals surface area contributed by atoms with Crippen molar-refractivity contribution in [3.05, 3.63) is 29.8 Å². The number of ether oxygens (including phenoxy) is 3. The van der Waals surface area contributed by atoms with Crippen molar-refractivity contribution in [1.29, 1.82) is 0 Å². The van der Waals surface area contributed by atoms with Crippen LogP contribution >= 0.6 is 0 Å². The predicted molar refractivity (Wildman–Crippen MR) is 96.6 cm³/mol. The van der Waals surface area contributed by atoms with Crippen molar-refractivity contribution in [2.24, 2.45) is 5.92 Å². The molecule has 0 saturated carbocycles. The van der Waals surface area contributed by atoms with Crippen molar-refractivity contribution in [3.8, 4) is 11.5 Å². The summed E-state index contributed by atoms with van der Waals surface area (Å²) in [6.07, 6.45) is 2.03. The fraction of sp³-hybridized carbons (Fsp3) is 0.474. The highest BCUT2D eigenvalue weighted by Gasteiger charge is 2.16. The van der Waals surface area contributed by atoms with E-state index >= 15 is 0 Å². The van der Waals surface area contributed by atoms with Gasteiger partial charge >= 0.3 is 5.97 Å². The molecule has 25 heavy (non-hydrogen) atoms. The van der Waals surface area contributed by atoms with Gasteiger partial charge in [-0.1, -0.05) is 19.9 Å². The van der Waals surface area contributed by atoms with Crippen LogP contribution in [0.3, 0.4) is 0 Å². The molecule has 1 N–H and O–H groups in total. The van der Waals surface area contributed by atoms with Gasteiger partial charge in [-0.25, -0.2) is 4.79 Å². The lowest BCUT2D eigenvalue weighted by Gasteiger charge is -2.13. The van der Waals surface area contributed by atoms with E-state index in [2.05, 4.69) is 5.32 Å². The van der Waals surface area contributed by atoms with Gasteiger partial charge in [0.05, 0.1) is 13.7 Å². The minimum Gasteiger partial charge on any atom is -0.493 e. The Balaban J connectivity index is 2.62. The number of nitrogens with one attached hydrogen (secondary N) is 1. The summed E-state index contributed by atoms with van der Waals surface area (Å²) in [4.78, 5) is 23.6. The monoisotopic (exact) mass is 349 g/mol. The topological polar surface area (TPSA) is 73.9 Å². The molecule has 0 saturated heterocycles. The number of carbonyl (C=O) groups is 2. The summed E-state index contributed by atoms with van der Waals surface area (Å²) in [6, 6.07) is 5.33. The number of methoxy groups -OCH3 is 1. The fourth-order valence-electron chi connectivity index (χ4n) is 1.94. The molecule has 0 bridgehead atoms. The molecule has 0 aliphatic heterocycles. The number of rotatable bonds is 9. The zero-order valence-electron chi connectivity index (χ0n) is 15.5. The Labute approximate surface area is 149 Å². The fourth-order valence-corrected chi connectivity index (χ4v) is 1.94. The van der Waals surface area contributed by atoms with Gasteiger partial charge in [-0.05, 0) is 43.5 Å². The predicted octanol–water partition coefficient (Wildman–Crippen LogP) is 2.81. The van der Waals surface area contributed by atoms with Gasteiger partial charge in [0.1, 0.15) is 0 Å². The van der Waals surface area contributed by atoms with Gasteiger partial charge in [-0.2, -0.15) is 0 Å². The molecule has 0 aliphatic rings. The molecule has 0 aromatic heterocycles. The van der Waals surface area contributed by atoms with Crippen LogP contribution in [0.15, 0.2) is 24.3 Å². The molecule has 1 rings (SSSR count). The van der Waals surface area contributed by atoms with Crippen molar-refractivity contribution < 1.29 is 23.8 Å². The number of hydrogen-bond acceptors (Lipinski definition) is 5. The Morgan fingerprint density at radius 2 is 1.92 bits per heavy atom. The van der Waals surface area contributed by atoms with Crippen molar-refractivity contribution >= 4 is 18.0 Å². The van der Waals surface area contributed by atoms with Crippen LogP contribution in [0.2, 0.25) is 0 Å². The Morgan fingerprint density at radius 1 is 1.20 bits per heavy atom. The van der Waals surface area contributed by atoms with Gasteiger partial charge in [0, 0.05) is 12.6 Å². The lowest BCUT2D eigenvalue weighted by molar-refractivity contribution is -0.150. The van der Waals surface area contributed by atoms with Crippen LogP contribution in [0, 0.1) is 5.92 Å². The van der Waals surface area contributed by atoms with Crippen molar-refractivity contribution in [2.45, 2.75) is 33.8 Å². The van der Waals surface area contributed by atoms with Crippen molar-refractivity contribution in [1.82, 2.24) is 5.32 Å². The van der Waals surface area contributed by atoms with Gasteiger partial charge in [0.15, 0.2) is 17.6 Å². The number of benzene rings is 1. The minimum absolute atomic E-state index is 0.307. The molecule has 1 aromatic carbocycles. The van der Waals surface area contributed by atoms with E-state index in [0.717, 1.165) is 5.56 Å². The van der Waals surface area contributed by atoms with Crippen LogP contribution in [-0.4, -0.2) is 38.2 Å². The SMILES string of the molecule is CCOc1ccc(/C=C/C(=O)O[C@@H](C)C(=O)NCC(C)C)cc1OC. The van der Waals surface area contributed by atoms with E-state index in [4.69, 9.17) is 14.2 Å². The highest BCUT2D eigenvalue weighted by Crippen LogP contribution is 2.28. The molecule has 6 heteroatoms. The maximum absolute atomic E-state index is 11.8. The number of amides is 1. The number of carbonyl (C=O) groups excluding carboxylic acids is 2. The van der Waals surface area contributed by atoms with Crippen LogP contribution < -0.4 is 14.8 Å². The van der Waals surface area contributed by atoms with Crippen molar-refractivity contribution in [2.75, 3.05) is 20.3 Å². The maximum Gasteiger partial charge on any atom is 0.331 e. The smallest absolute Gasteiger partial charge is 0.331 e. The standard InChI is InChI=1S/C19H27NO5/c1-6-24-16-9-7-15(11-17(16)23-5)8-10-18(21)25-14(4)19(22)20-12-13(2)3/h7-11,13-14H,6,12H2,1-5H3,(H,20,22)/b10-8+/t14-/m0/s1. The second kappa shape index (κ2) is 10.4. The summed E-state index contributed by atoms with van der Waals surface area (Å²) in [5.74, 6) is 0.665. The second-order valence-corrected chi connectivity index (χ2v) is 5.89. The third-order valence-corrected chi connectivity index (χ3v) is 3.25. The van der Waals surface area contributed by atoms with E-state index in [1.807, 2.05) is 20.8 Å². The Kier molecular flexibility index (Phi) is 8.53. The van der Waals surface area contributed by atoms with E-state index in [0.29, 0.717) is 30.6 Å². The van der Waals surface area contributed by atoms with E-state index in [1.54, 1.807) is 38.3 Å². The normalized spacial score (nSPS) is 12.1. The highest BCUT2D eigenvalue weighted by atomic mass is 16.5. The highest BCUT2D eigenvalue weighted by molar-refractivity contribution is 5.90. The summed E-state index contributed by atoms with van der Waals surface area (Å²) in [5.41, 5.74) is 0.758. The van der Waals surface area contributed by atoms with Gasteiger partial charge in [0.2, 0.25) is 0 Å². The first-order valence-corrected chi connectivity index (χ1v) is 8.34. The quantitative estimate of drug-likeness (QED) is 0.548. The first-order valence-electron chi connectivity index (χ1n) is 8.34. The summed E-state index contributed by atoms with van der Waals surface area (Å²) in [7, 11) is 1.55. The molecular weight excluding hydrogens is 322 g/mol. The van der Waals surface area contributed by atoms with Crippen LogP contribution in [0.25, 0.3) is 6.08 Å². The molecular formula is C19H27NO5. The van der Waals surface area contributed by atoms with Crippen LogP contribution in [0.4, 0.5) is 0 Å². The summed E-state index contributed by atoms with van der Waals surface area (Å²) >= 11 is 0. The Hall–Kier alpha value is -2.50. The Morgan fingerprint density at radius 3 is 2.52 bits per heavy atom. The van der Waals surface area contributed by atoms with Crippen LogP contribution in [0.1, 0.15) is 33.3 Å². The molecule has 6 nitrogen and oxygen atoms in total. The zero-order chi connectivity index (χ0) is 18.8. The molecule has 138 valence electrons. The molecule has 0 heterocycles. The molecule has 0 radical (unpaired) electrons. The molecule has 0 fully saturated rings. The van der Waals surface area contributed by atoms with E-state index in [9.17, 15) is 9.59 Å². The average Bonchev–Trinajstić information content (AvgIpc) is 2.58. The molecule has 1 amide bonds. The molecule has 0 unspecified atom stereocenters. The first-order chi connectivity index (χ1) is 11.9. The lowest BCUT2D eigenvalue weighted by Crippen LogP contribution is -2.37. The van der Waals surface area contributed by atoms with E-state index in [1.165, 1.54) is 6.08 Å². The largest absolute Gasteiger partial charge is 0.493 e. The average molecular weight is 349 g/mol. The summed E-state index contributed by atoms with van der Waals surface area (Å²) < 4.78 is 15.8. The minimum atomic E-state index is -0.842. The van der Waals surface area contributed by atoms with Crippen LogP contribution in [0.5, 0.6) is 11.5 Å². The van der Waals surface area contributed by atoms with E-state index < -0.39 is 12.1 Å². The van der Waals surface area contributed by atoms with Gasteiger partial charge < -0.3 is 19.5 Å². The van der Waals surface area contributed by atoms with Crippen LogP contribution in [-0.2, 0) is 14.3 Å². The maximum atomic E-state index is 11.8. The molecule has 0 aliphatic carbocycles.